The zero-order chi connectivity index (χ0) is 15.4. The van der Waals surface area contributed by atoms with Gasteiger partial charge >= 0.3 is 11.9 Å². The molecule has 20 heavy (non-hydrogen) atoms. The first kappa shape index (κ1) is 16.2. The number of carboxylic acid groups (broad SMARTS) is 1. The van der Waals surface area contributed by atoms with E-state index >= 15 is 0 Å². The van der Waals surface area contributed by atoms with Crippen molar-refractivity contribution in [2.24, 2.45) is 0 Å². The van der Waals surface area contributed by atoms with Crippen molar-refractivity contribution in [1.29, 1.82) is 0 Å². The fourth-order valence-corrected chi connectivity index (χ4v) is 2.34. The van der Waals surface area contributed by atoms with Gasteiger partial charge < -0.3 is 9.84 Å². The van der Waals surface area contributed by atoms with Crippen LogP contribution in [0.5, 0.6) is 0 Å². The summed E-state index contributed by atoms with van der Waals surface area (Å²) in [5, 5.41) is 9.40. The third kappa shape index (κ3) is 3.59. The fourth-order valence-electron chi connectivity index (χ4n) is 2.34. The van der Waals surface area contributed by atoms with Gasteiger partial charge in [0.2, 0.25) is 0 Å². The van der Waals surface area contributed by atoms with Crippen LogP contribution < -0.4 is 0 Å². The van der Waals surface area contributed by atoms with Crippen LogP contribution in [0.2, 0.25) is 0 Å². The maximum absolute atomic E-state index is 12.1. The molecule has 0 aliphatic rings. The first-order chi connectivity index (χ1) is 9.27. The minimum Gasteiger partial charge on any atom is -0.480 e. The Morgan fingerprint density at radius 1 is 1.20 bits per heavy atom. The molecule has 0 heterocycles. The summed E-state index contributed by atoms with van der Waals surface area (Å²) in [6, 6.07) is 3.77. The molecular weight excluding hydrogens is 256 g/mol. The topological polar surface area (TPSA) is 63.6 Å². The average molecular weight is 278 g/mol. The molecule has 0 saturated heterocycles. The number of ether oxygens (including phenoxy) is 1. The number of esters is 1. The van der Waals surface area contributed by atoms with Gasteiger partial charge in [-0.15, -0.1) is 0 Å². The Morgan fingerprint density at radius 2 is 1.70 bits per heavy atom. The van der Waals surface area contributed by atoms with Crippen LogP contribution in [-0.4, -0.2) is 23.1 Å². The SMILES string of the molecule is CCC(C)OC(=O)C(C(=O)O)c1c(C)cc(C)cc1C. The summed E-state index contributed by atoms with van der Waals surface area (Å²) in [5.41, 5.74) is 3.19. The van der Waals surface area contributed by atoms with Gasteiger partial charge in [0.25, 0.3) is 0 Å². The van der Waals surface area contributed by atoms with E-state index in [0.717, 1.165) is 16.7 Å². The minimum absolute atomic E-state index is 0.282. The molecule has 1 aromatic rings. The molecule has 2 atom stereocenters. The second-order valence-electron chi connectivity index (χ2n) is 5.24. The summed E-state index contributed by atoms with van der Waals surface area (Å²) >= 11 is 0. The zero-order valence-corrected chi connectivity index (χ0v) is 12.7. The number of benzene rings is 1. The van der Waals surface area contributed by atoms with E-state index in [2.05, 4.69) is 0 Å². The maximum atomic E-state index is 12.1. The van der Waals surface area contributed by atoms with Gasteiger partial charge in [-0.25, -0.2) is 0 Å². The van der Waals surface area contributed by atoms with Gasteiger partial charge in [0.05, 0.1) is 6.10 Å². The Labute approximate surface area is 119 Å². The van der Waals surface area contributed by atoms with E-state index < -0.39 is 17.9 Å². The number of hydrogen-bond donors (Lipinski definition) is 1. The van der Waals surface area contributed by atoms with E-state index in [9.17, 15) is 14.7 Å². The molecule has 0 aliphatic heterocycles. The number of carbonyl (C=O) groups is 2. The smallest absolute Gasteiger partial charge is 0.325 e. The second-order valence-corrected chi connectivity index (χ2v) is 5.24. The Hall–Kier alpha value is -1.84. The third-order valence-electron chi connectivity index (χ3n) is 3.40. The van der Waals surface area contributed by atoms with E-state index in [-0.39, 0.29) is 6.10 Å². The zero-order valence-electron chi connectivity index (χ0n) is 12.7. The van der Waals surface area contributed by atoms with E-state index in [0.29, 0.717) is 12.0 Å². The molecule has 0 radical (unpaired) electrons. The second kappa shape index (κ2) is 6.55. The van der Waals surface area contributed by atoms with Crippen LogP contribution in [0.1, 0.15) is 48.4 Å². The molecular formula is C16H22O4. The fraction of sp³-hybridized carbons (Fsp3) is 0.500. The molecule has 0 saturated carbocycles. The Balaban J connectivity index is 3.22. The van der Waals surface area contributed by atoms with Crippen molar-refractivity contribution in [2.75, 3.05) is 0 Å². The average Bonchev–Trinajstić information content (AvgIpc) is 2.32. The van der Waals surface area contributed by atoms with Crippen molar-refractivity contribution in [2.45, 2.75) is 53.1 Å². The maximum Gasteiger partial charge on any atom is 0.325 e. The van der Waals surface area contributed by atoms with Gasteiger partial charge in [0.1, 0.15) is 0 Å². The van der Waals surface area contributed by atoms with Crippen LogP contribution in [0, 0.1) is 20.8 Å². The predicted octanol–water partition coefficient (Wildman–Crippen LogP) is 3.12. The van der Waals surface area contributed by atoms with Crippen molar-refractivity contribution in [3.63, 3.8) is 0 Å². The first-order valence-corrected chi connectivity index (χ1v) is 6.79. The number of rotatable bonds is 5. The molecule has 2 unspecified atom stereocenters. The van der Waals surface area contributed by atoms with Crippen LogP contribution in [0.3, 0.4) is 0 Å². The van der Waals surface area contributed by atoms with Crippen molar-refractivity contribution in [3.05, 3.63) is 34.4 Å². The van der Waals surface area contributed by atoms with Crippen molar-refractivity contribution in [3.8, 4) is 0 Å². The molecule has 0 aliphatic carbocycles. The van der Waals surface area contributed by atoms with Crippen LogP contribution in [0.4, 0.5) is 0 Å². The molecule has 0 aromatic heterocycles. The number of carbonyl (C=O) groups excluding carboxylic acids is 1. The quantitative estimate of drug-likeness (QED) is 0.664. The van der Waals surface area contributed by atoms with Crippen molar-refractivity contribution < 1.29 is 19.4 Å². The molecule has 1 N–H and O–H groups in total. The number of aryl methyl sites for hydroxylation is 3. The van der Waals surface area contributed by atoms with Gasteiger partial charge in [-0.1, -0.05) is 24.6 Å². The van der Waals surface area contributed by atoms with Gasteiger partial charge in [-0.05, 0) is 50.8 Å². The highest BCUT2D eigenvalue weighted by atomic mass is 16.5. The summed E-state index contributed by atoms with van der Waals surface area (Å²) < 4.78 is 5.20. The van der Waals surface area contributed by atoms with Crippen LogP contribution in [-0.2, 0) is 14.3 Å². The molecule has 0 fully saturated rings. The van der Waals surface area contributed by atoms with Crippen molar-refractivity contribution >= 4 is 11.9 Å². The number of hydrogen-bond acceptors (Lipinski definition) is 3. The van der Waals surface area contributed by atoms with E-state index in [1.807, 2.05) is 39.8 Å². The molecule has 110 valence electrons. The third-order valence-corrected chi connectivity index (χ3v) is 3.40. The van der Waals surface area contributed by atoms with Crippen molar-refractivity contribution in [1.82, 2.24) is 0 Å². The monoisotopic (exact) mass is 278 g/mol. The highest BCUT2D eigenvalue weighted by molar-refractivity contribution is 6.00. The summed E-state index contributed by atoms with van der Waals surface area (Å²) in [7, 11) is 0. The number of aliphatic carboxylic acids is 1. The summed E-state index contributed by atoms with van der Waals surface area (Å²) in [6.45, 7) is 9.22. The van der Waals surface area contributed by atoms with E-state index in [1.54, 1.807) is 6.92 Å². The van der Waals surface area contributed by atoms with Crippen LogP contribution in [0.25, 0.3) is 0 Å². The van der Waals surface area contributed by atoms with E-state index in [1.165, 1.54) is 0 Å². The van der Waals surface area contributed by atoms with Gasteiger partial charge in [0.15, 0.2) is 5.92 Å². The lowest BCUT2D eigenvalue weighted by Gasteiger charge is -2.20. The molecule has 4 nitrogen and oxygen atoms in total. The molecule has 1 aromatic carbocycles. The van der Waals surface area contributed by atoms with Crippen LogP contribution >= 0.6 is 0 Å². The lowest BCUT2D eigenvalue weighted by atomic mass is 9.89. The highest BCUT2D eigenvalue weighted by Gasteiger charge is 2.33. The molecule has 4 heteroatoms. The largest absolute Gasteiger partial charge is 0.480 e. The summed E-state index contributed by atoms with van der Waals surface area (Å²) in [4.78, 5) is 23.6. The molecule has 0 amide bonds. The Bertz CT molecular complexity index is 496. The number of carboxylic acids is 1. The highest BCUT2D eigenvalue weighted by Crippen LogP contribution is 2.27. The molecule has 1 rings (SSSR count). The predicted molar refractivity (Wildman–Crippen MR) is 76.9 cm³/mol. The lowest BCUT2D eigenvalue weighted by Crippen LogP contribution is -2.28. The van der Waals surface area contributed by atoms with Gasteiger partial charge in [-0.2, -0.15) is 0 Å². The molecule has 0 bridgehead atoms. The standard InChI is InChI=1S/C16H22O4/c1-6-12(5)20-16(19)14(15(17)18)13-10(3)7-9(2)8-11(13)4/h7-8,12,14H,6H2,1-5H3,(H,17,18). The summed E-state index contributed by atoms with van der Waals surface area (Å²) in [6.07, 6.45) is 0.375. The van der Waals surface area contributed by atoms with E-state index in [4.69, 9.17) is 4.74 Å². The lowest BCUT2D eigenvalue weighted by molar-refractivity contribution is -0.157. The minimum atomic E-state index is -1.26. The molecule has 0 spiro atoms. The Morgan fingerprint density at radius 3 is 2.10 bits per heavy atom. The Kier molecular flexibility index (Phi) is 5.31. The first-order valence-electron chi connectivity index (χ1n) is 6.79. The summed E-state index contributed by atoms with van der Waals surface area (Å²) in [5.74, 6) is -3.13. The van der Waals surface area contributed by atoms with Gasteiger partial charge in [-0.3, -0.25) is 9.59 Å². The van der Waals surface area contributed by atoms with Crippen LogP contribution in [0.15, 0.2) is 12.1 Å². The van der Waals surface area contributed by atoms with Gasteiger partial charge in [0, 0.05) is 0 Å². The normalized spacial score (nSPS) is 13.7.